The molecule has 8 nitrogen and oxygen atoms in total. The summed E-state index contributed by atoms with van der Waals surface area (Å²) in [5.41, 5.74) is 12.4. The predicted octanol–water partition coefficient (Wildman–Crippen LogP) is 2.92. The van der Waals surface area contributed by atoms with Crippen molar-refractivity contribution in [3.63, 3.8) is 0 Å². The van der Waals surface area contributed by atoms with E-state index in [-0.39, 0.29) is 24.1 Å². The van der Waals surface area contributed by atoms with Gasteiger partial charge in [0, 0.05) is 49.9 Å². The number of nitrogens with one attached hydrogen (secondary N) is 2. The summed E-state index contributed by atoms with van der Waals surface area (Å²) in [5.74, 6) is 1.77. The van der Waals surface area contributed by atoms with Crippen LogP contribution in [0.25, 0.3) is 0 Å². The number of piperazine rings is 1. The monoisotopic (exact) mass is 488 g/mol. The highest BCUT2D eigenvalue weighted by molar-refractivity contribution is 5.95. The standard InChI is InChI=1S/C25H36N6O2.ClH/c1-19-18-30(12-2-16-32-22-8-4-20(5-9-22)24(26)27)14-15-31(19)13-3-17-33-23-10-6-21(7-11-23)25(28)29;/h4-11,19H,2-3,12-18H2,1H3,(H3,26,27)(H3,28,29);1H. The van der Waals surface area contributed by atoms with Crippen LogP contribution in [0.5, 0.6) is 11.5 Å². The van der Waals surface area contributed by atoms with Crippen molar-refractivity contribution in [3.8, 4) is 11.5 Å². The number of amidine groups is 2. The molecule has 9 heteroatoms. The molecule has 1 heterocycles. The quantitative estimate of drug-likeness (QED) is 0.207. The Bertz CT molecular complexity index is 907. The Morgan fingerprint density at radius 1 is 0.824 bits per heavy atom. The SMILES string of the molecule is CC1CN(CCCOc2ccc(C(=N)N)cc2)CCN1CCCOc1ccc(C(=N)N)cc1.Cl. The van der Waals surface area contributed by atoms with Gasteiger partial charge < -0.3 is 25.8 Å². The minimum Gasteiger partial charge on any atom is -0.494 e. The first-order valence-corrected chi connectivity index (χ1v) is 11.5. The van der Waals surface area contributed by atoms with Gasteiger partial charge in [0.2, 0.25) is 0 Å². The van der Waals surface area contributed by atoms with E-state index in [0.717, 1.165) is 57.1 Å². The van der Waals surface area contributed by atoms with Gasteiger partial charge in [-0.1, -0.05) is 0 Å². The number of benzene rings is 2. The van der Waals surface area contributed by atoms with Gasteiger partial charge in [-0.15, -0.1) is 12.4 Å². The largest absolute Gasteiger partial charge is 0.494 e. The fourth-order valence-corrected chi connectivity index (χ4v) is 4.00. The molecule has 0 saturated carbocycles. The summed E-state index contributed by atoms with van der Waals surface area (Å²) in [5, 5.41) is 14.9. The van der Waals surface area contributed by atoms with E-state index >= 15 is 0 Å². The third-order valence-electron chi connectivity index (χ3n) is 5.93. The molecule has 0 aliphatic carbocycles. The normalized spacial score (nSPS) is 16.4. The first kappa shape index (κ1) is 27.4. The van der Waals surface area contributed by atoms with E-state index in [1.165, 1.54) is 0 Å². The second-order valence-corrected chi connectivity index (χ2v) is 8.47. The van der Waals surface area contributed by atoms with E-state index in [2.05, 4.69) is 16.7 Å². The van der Waals surface area contributed by atoms with Gasteiger partial charge in [0.15, 0.2) is 0 Å². The highest BCUT2D eigenvalue weighted by atomic mass is 35.5. The second-order valence-electron chi connectivity index (χ2n) is 8.47. The lowest BCUT2D eigenvalue weighted by atomic mass is 10.1. The van der Waals surface area contributed by atoms with Crippen LogP contribution in [0.1, 0.15) is 30.9 Å². The molecule has 3 rings (SSSR count). The number of rotatable bonds is 12. The number of halogens is 1. The molecule has 2 aromatic rings. The molecular formula is C25H37ClN6O2. The molecule has 1 fully saturated rings. The molecule has 0 radical (unpaired) electrons. The number of nitrogens with two attached hydrogens (primary N) is 2. The highest BCUT2D eigenvalue weighted by Crippen LogP contribution is 2.15. The molecule has 0 bridgehead atoms. The number of nitrogen functional groups attached to an aromatic ring is 2. The zero-order valence-electron chi connectivity index (χ0n) is 19.8. The van der Waals surface area contributed by atoms with E-state index in [1.54, 1.807) is 0 Å². The third-order valence-corrected chi connectivity index (χ3v) is 5.93. The molecule has 0 spiro atoms. The average Bonchev–Trinajstić information content (AvgIpc) is 2.81. The first-order valence-electron chi connectivity index (χ1n) is 11.5. The number of hydrogen-bond donors (Lipinski definition) is 4. The third kappa shape index (κ3) is 8.52. The molecule has 34 heavy (non-hydrogen) atoms. The minimum absolute atomic E-state index is 0. The zero-order valence-corrected chi connectivity index (χ0v) is 20.7. The van der Waals surface area contributed by atoms with E-state index in [9.17, 15) is 0 Å². The van der Waals surface area contributed by atoms with Crippen molar-refractivity contribution in [2.45, 2.75) is 25.8 Å². The van der Waals surface area contributed by atoms with Crippen LogP contribution in [-0.4, -0.2) is 73.5 Å². The van der Waals surface area contributed by atoms with Crippen molar-refractivity contribution < 1.29 is 9.47 Å². The predicted molar refractivity (Wildman–Crippen MR) is 140 cm³/mol. The van der Waals surface area contributed by atoms with Gasteiger partial charge in [0.05, 0.1) is 13.2 Å². The Morgan fingerprint density at radius 2 is 1.29 bits per heavy atom. The highest BCUT2D eigenvalue weighted by Gasteiger charge is 2.22. The van der Waals surface area contributed by atoms with E-state index in [1.807, 2.05) is 48.5 Å². The van der Waals surface area contributed by atoms with Crippen LogP contribution >= 0.6 is 12.4 Å². The van der Waals surface area contributed by atoms with Crippen LogP contribution in [0.15, 0.2) is 48.5 Å². The van der Waals surface area contributed by atoms with Gasteiger partial charge >= 0.3 is 0 Å². The first-order chi connectivity index (χ1) is 15.9. The lowest BCUT2D eigenvalue weighted by Gasteiger charge is -2.40. The average molecular weight is 489 g/mol. The molecule has 1 aliphatic heterocycles. The lowest BCUT2D eigenvalue weighted by molar-refractivity contribution is 0.0757. The molecule has 1 atom stereocenters. The van der Waals surface area contributed by atoms with Crippen LogP contribution in [-0.2, 0) is 0 Å². The molecular weight excluding hydrogens is 452 g/mol. The van der Waals surface area contributed by atoms with Crippen molar-refractivity contribution in [2.75, 3.05) is 45.9 Å². The van der Waals surface area contributed by atoms with Crippen molar-refractivity contribution in [1.29, 1.82) is 10.8 Å². The Balaban J connectivity index is 0.00000408. The Morgan fingerprint density at radius 3 is 1.74 bits per heavy atom. The van der Waals surface area contributed by atoms with Gasteiger partial charge in [-0.25, -0.2) is 0 Å². The Labute approximate surface area is 208 Å². The Hall–Kier alpha value is -2.81. The van der Waals surface area contributed by atoms with Crippen molar-refractivity contribution >= 4 is 24.1 Å². The number of nitrogens with zero attached hydrogens (tertiary/aromatic N) is 2. The van der Waals surface area contributed by atoms with Crippen LogP contribution in [0.3, 0.4) is 0 Å². The summed E-state index contributed by atoms with van der Waals surface area (Å²) in [7, 11) is 0. The second kappa shape index (κ2) is 13.8. The van der Waals surface area contributed by atoms with Crippen LogP contribution in [0.2, 0.25) is 0 Å². The minimum atomic E-state index is 0. The summed E-state index contributed by atoms with van der Waals surface area (Å²) in [6.45, 7) is 8.92. The van der Waals surface area contributed by atoms with E-state index < -0.39 is 0 Å². The summed E-state index contributed by atoms with van der Waals surface area (Å²) in [6.07, 6.45) is 1.96. The van der Waals surface area contributed by atoms with Gasteiger partial charge in [-0.2, -0.15) is 0 Å². The van der Waals surface area contributed by atoms with Crippen LogP contribution in [0, 0.1) is 10.8 Å². The molecule has 6 N–H and O–H groups in total. The fraction of sp³-hybridized carbons (Fsp3) is 0.440. The maximum atomic E-state index is 7.43. The Kier molecular flexibility index (Phi) is 11.1. The van der Waals surface area contributed by atoms with E-state index in [0.29, 0.717) is 30.4 Å². The van der Waals surface area contributed by atoms with Crippen LogP contribution < -0.4 is 20.9 Å². The summed E-state index contributed by atoms with van der Waals surface area (Å²) in [6, 6.07) is 15.2. The molecule has 1 unspecified atom stereocenters. The van der Waals surface area contributed by atoms with Crippen molar-refractivity contribution in [2.24, 2.45) is 11.5 Å². The molecule has 1 aliphatic rings. The van der Waals surface area contributed by atoms with Crippen LogP contribution in [0.4, 0.5) is 0 Å². The fourth-order valence-electron chi connectivity index (χ4n) is 4.00. The smallest absolute Gasteiger partial charge is 0.122 e. The molecule has 0 amide bonds. The van der Waals surface area contributed by atoms with E-state index in [4.69, 9.17) is 31.8 Å². The topological polar surface area (TPSA) is 125 Å². The molecule has 2 aromatic carbocycles. The summed E-state index contributed by atoms with van der Waals surface area (Å²) >= 11 is 0. The van der Waals surface area contributed by atoms with Gasteiger partial charge in [-0.3, -0.25) is 15.7 Å². The summed E-state index contributed by atoms with van der Waals surface area (Å²) < 4.78 is 11.7. The maximum absolute atomic E-state index is 7.43. The lowest BCUT2D eigenvalue weighted by Crippen LogP contribution is -2.52. The molecule has 0 aromatic heterocycles. The van der Waals surface area contributed by atoms with Gasteiger partial charge in [-0.05, 0) is 68.3 Å². The number of ether oxygens (including phenoxy) is 2. The number of hydrogen-bond acceptors (Lipinski definition) is 6. The maximum Gasteiger partial charge on any atom is 0.122 e. The molecule has 1 saturated heterocycles. The summed E-state index contributed by atoms with van der Waals surface area (Å²) in [4.78, 5) is 5.04. The van der Waals surface area contributed by atoms with Gasteiger partial charge in [0.1, 0.15) is 23.2 Å². The zero-order chi connectivity index (χ0) is 23.6. The molecule has 186 valence electrons. The van der Waals surface area contributed by atoms with Gasteiger partial charge in [0.25, 0.3) is 0 Å². The van der Waals surface area contributed by atoms with Crippen molar-refractivity contribution in [1.82, 2.24) is 9.80 Å². The van der Waals surface area contributed by atoms with Crippen molar-refractivity contribution in [3.05, 3.63) is 59.7 Å².